The van der Waals surface area contributed by atoms with E-state index in [1.54, 1.807) is 62.8 Å². The summed E-state index contributed by atoms with van der Waals surface area (Å²) in [6.45, 7) is 3.76. The average Bonchev–Trinajstić information content (AvgIpc) is 3.60. The summed E-state index contributed by atoms with van der Waals surface area (Å²) < 4.78 is 47.2. The maximum atomic E-state index is 12.7. The lowest BCUT2D eigenvalue weighted by Gasteiger charge is -2.33. The zero-order valence-corrected chi connectivity index (χ0v) is 27.8. The molecule has 0 saturated carbocycles. The Labute approximate surface area is 282 Å². The molecule has 1 fully saturated rings. The lowest BCUT2D eigenvalue weighted by molar-refractivity contribution is 0.0202. The van der Waals surface area contributed by atoms with Crippen molar-refractivity contribution in [1.82, 2.24) is 19.5 Å². The van der Waals surface area contributed by atoms with E-state index < -0.39 is 16.0 Å². The molecular weight excluding hydrogens is 652 g/mol. The zero-order chi connectivity index (χ0) is 34.5. The van der Waals surface area contributed by atoms with Gasteiger partial charge in [-0.2, -0.15) is 0 Å². The normalized spacial score (nSPS) is 13.8. The zero-order valence-electron chi connectivity index (χ0n) is 27.0. The van der Waals surface area contributed by atoms with E-state index in [9.17, 15) is 18.0 Å². The summed E-state index contributed by atoms with van der Waals surface area (Å²) in [5.74, 6) is 0.0853. The fourth-order valence-electron chi connectivity index (χ4n) is 5.63. The fraction of sp³-hybridized carbons (Fsp3) is 0.294. The van der Waals surface area contributed by atoms with E-state index in [1.165, 1.54) is 17.0 Å². The molecule has 0 bridgehead atoms. The number of piperidine rings is 1. The number of aromatic nitrogens is 4. The number of ether oxygens (including phenoxy) is 3. The molecule has 1 aliphatic heterocycles. The van der Waals surface area contributed by atoms with Crippen LogP contribution in [-0.4, -0.2) is 77.2 Å². The number of anilines is 2. The molecule has 0 atom stereocenters. The number of aryl methyl sites for hydroxylation is 1. The molecule has 1 saturated heterocycles. The van der Waals surface area contributed by atoms with Gasteiger partial charge in [0, 0.05) is 60.8 Å². The van der Waals surface area contributed by atoms with Crippen LogP contribution in [-0.2, 0) is 21.8 Å². The van der Waals surface area contributed by atoms with E-state index >= 15 is 0 Å². The highest BCUT2D eigenvalue weighted by Gasteiger charge is 2.21. The number of carboxylic acids is 1. The van der Waals surface area contributed by atoms with E-state index in [0.29, 0.717) is 58.2 Å². The van der Waals surface area contributed by atoms with Crippen molar-refractivity contribution >= 4 is 38.3 Å². The largest absolute Gasteiger partial charge is 0.491 e. The number of pyridine rings is 1. The van der Waals surface area contributed by atoms with Gasteiger partial charge in [0.05, 0.1) is 36.5 Å². The van der Waals surface area contributed by atoms with Crippen molar-refractivity contribution in [2.24, 2.45) is 7.05 Å². The number of fused-ring (bicyclic) bond motifs is 1. The second-order valence-electron chi connectivity index (χ2n) is 11.5. The van der Waals surface area contributed by atoms with Gasteiger partial charge >= 0.3 is 5.97 Å². The quantitative estimate of drug-likeness (QED) is 0.147. The van der Waals surface area contributed by atoms with Crippen LogP contribution in [0.3, 0.4) is 0 Å². The third kappa shape index (κ3) is 7.84. The number of aromatic carboxylic acids is 1. The first-order chi connectivity index (χ1) is 23.6. The van der Waals surface area contributed by atoms with Crippen molar-refractivity contribution < 1.29 is 32.5 Å². The van der Waals surface area contributed by atoms with Gasteiger partial charge in [-0.15, -0.1) is 0 Å². The molecule has 49 heavy (non-hydrogen) atoms. The number of hydrogen-bond acceptors (Lipinski definition) is 10. The molecule has 6 rings (SSSR count). The van der Waals surface area contributed by atoms with Crippen LogP contribution in [0.5, 0.6) is 17.2 Å². The minimum absolute atomic E-state index is 0.0703. The molecule has 15 heteroatoms. The number of aromatic amines is 1. The number of carbonyl (C=O) groups is 1. The van der Waals surface area contributed by atoms with Crippen molar-refractivity contribution in [2.75, 3.05) is 41.7 Å². The number of sulfonamides is 1. The van der Waals surface area contributed by atoms with Gasteiger partial charge in [0.25, 0.3) is 5.56 Å². The highest BCUT2D eigenvalue weighted by atomic mass is 32.2. The molecule has 4 heterocycles. The predicted octanol–water partition coefficient (Wildman–Crippen LogP) is 4.64. The summed E-state index contributed by atoms with van der Waals surface area (Å²) in [6.07, 6.45) is 8.12. The van der Waals surface area contributed by atoms with Crippen molar-refractivity contribution in [2.45, 2.75) is 25.9 Å². The van der Waals surface area contributed by atoms with Crippen molar-refractivity contribution in [3.8, 4) is 28.4 Å². The third-order valence-electron chi connectivity index (χ3n) is 8.19. The molecule has 5 aromatic rings. The first kappa shape index (κ1) is 33.5. The molecule has 3 aromatic heterocycles. The van der Waals surface area contributed by atoms with Crippen LogP contribution >= 0.6 is 0 Å². The van der Waals surface area contributed by atoms with E-state index in [2.05, 4.69) is 24.6 Å². The Morgan fingerprint density at radius 2 is 1.80 bits per heavy atom. The second-order valence-corrected chi connectivity index (χ2v) is 13.5. The lowest BCUT2D eigenvalue weighted by atomic mass is 10.0. The van der Waals surface area contributed by atoms with Crippen LogP contribution < -0.4 is 24.7 Å². The molecule has 0 unspecified atom stereocenters. The smallest absolute Gasteiger partial charge is 0.373 e. The maximum Gasteiger partial charge on any atom is 0.373 e. The Kier molecular flexibility index (Phi) is 9.82. The van der Waals surface area contributed by atoms with Crippen molar-refractivity contribution in [3.63, 3.8) is 0 Å². The number of rotatable bonds is 13. The van der Waals surface area contributed by atoms with Crippen LogP contribution in [0.2, 0.25) is 0 Å². The van der Waals surface area contributed by atoms with E-state index in [4.69, 9.17) is 19.3 Å². The Morgan fingerprint density at radius 1 is 1.04 bits per heavy atom. The van der Waals surface area contributed by atoms with Crippen LogP contribution in [0, 0.1) is 0 Å². The third-order valence-corrected chi connectivity index (χ3v) is 9.50. The summed E-state index contributed by atoms with van der Waals surface area (Å²) in [5.41, 5.74) is 2.67. The van der Waals surface area contributed by atoms with Gasteiger partial charge < -0.3 is 33.8 Å². The molecule has 0 spiro atoms. The molecule has 14 nitrogen and oxygen atoms in total. The summed E-state index contributed by atoms with van der Waals surface area (Å²) in [6, 6.07) is 14.0. The first-order valence-corrected chi connectivity index (χ1v) is 17.4. The van der Waals surface area contributed by atoms with Crippen molar-refractivity contribution in [3.05, 3.63) is 89.5 Å². The number of carboxylic acid groups (broad SMARTS) is 1. The summed E-state index contributed by atoms with van der Waals surface area (Å²) >= 11 is 0. The molecule has 2 aromatic carbocycles. The van der Waals surface area contributed by atoms with Crippen molar-refractivity contribution in [1.29, 1.82) is 0 Å². The molecule has 3 N–H and O–H groups in total. The molecule has 1 aliphatic rings. The lowest BCUT2D eigenvalue weighted by Crippen LogP contribution is -2.37. The minimum Gasteiger partial charge on any atom is -0.491 e. The molecule has 0 amide bonds. The summed E-state index contributed by atoms with van der Waals surface area (Å²) in [4.78, 5) is 36.6. The Balaban J connectivity index is 1.10. The Hall–Kier alpha value is -5.41. The topological polar surface area (TPSA) is 178 Å². The van der Waals surface area contributed by atoms with Crippen LogP contribution in [0.15, 0.2) is 78.1 Å². The number of nitrogens with one attached hydrogen (secondary N) is 2. The van der Waals surface area contributed by atoms with Gasteiger partial charge in [0.2, 0.25) is 15.8 Å². The van der Waals surface area contributed by atoms with Gasteiger partial charge in [-0.3, -0.25) is 9.52 Å². The first-order valence-electron chi connectivity index (χ1n) is 15.7. The number of nitrogens with zero attached hydrogens (tertiary/aromatic N) is 4. The summed E-state index contributed by atoms with van der Waals surface area (Å²) in [7, 11) is -1.88. The SMILES string of the molecule is CCS(=O)(=O)Nc1ccc(Oc2cccc(OCCOC3CCN(c4cnc(C(=O)O)nc4)CC3)c2)c(-c2cn(C)c(=O)c3[nH]ccc23)c1. The van der Waals surface area contributed by atoms with E-state index in [1.807, 2.05) is 12.1 Å². The standard InChI is InChI=1S/C34H36N6O8S/c1-3-49(44,45)38-22-7-8-30(28(17-22)29-21-39(2)33(41)31-27(29)9-12-35-31)48-26-6-4-5-25(18-26)47-16-15-46-24-10-13-40(14-11-24)23-19-36-32(34(42)43)37-20-23/h4-9,12,17-21,24,35,38H,3,10-11,13-16H2,1-2H3,(H,42,43). The highest BCUT2D eigenvalue weighted by Crippen LogP contribution is 2.39. The Bertz CT molecular complexity index is 2120. The number of H-pyrrole nitrogens is 1. The monoisotopic (exact) mass is 688 g/mol. The molecule has 0 aliphatic carbocycles. The maximum absolute atomic E-state index is 12.7. The second kappa shape index (κ2) is 14.4. The van der Waals surface area contributed by atoms with Gasteiger partial charge in [-0.1, -0.05) is 6.07 Å². The van der Waals surface area contributed by atoms with E-state index in [0.717, 1.165) is 31.6 Å². The Morgan fingerprint density at radius 3 is 2.53 bits per heavy atom. The minimum atomic E-state index is -3.53. The predicted molar refractivity (Wildman–Crippen MR) is 184 cm³/mol. The number of hydrogen-bond donors (Lipinski definition) is 3. The number of benzene rings is 2. The molecular formula is C34H36N6O8S. The van der Waals surface area contributed by atoms with Gasteiger partial charge in [-0.25, -0.2) is 23.2 Å². The molecule has 256 valence electrons. The fourth-order valence-corrected chi connectivity index (χ4v) is 6.26. The summed E-state index contributed by atoms with van der Waals surface area (Å²) in [5, 5.41) is 9.68. The van der Waals surface area contributed by atoms with E-state index in [-0.39, 0.29) is 23.2 Å². The highest BCUT2D eigenvalue weighted by molar-refractivity contribution is 7.92. The van der Waals surface area contributed by atoms with Gasteiger partial charge in [-0.05, 0) is 56.2 Å². The van der Waals surface area contributed by atoms with Gasteiger partial charge in [0.15, 0.2) is 0 Å². The van der Waals surface area contributed by atoms with Crippen LogP contribution in [0.25, 0.3) is 22.0 Å². The van der Waals surface area contributed by atoms with Crippen LogP contribution in [0.1, 0.15) is 30.4 Å². The molecule has 0 radical (unpaired) electrons. The van der Waals surface area contributed by atoms with Gasteiger partial charge in [0.1, 0.15) is 29.4 Å². The average molecular weight is 689 g/mol. The van der Waals surface area contributed by atoms with Crippen LogP contribution in [0.4, 0.5) is 11.4 Å².